The molecule has 1 heterocycles. The summed E-state index contributed by atoms with van der Waals surface area (Å²) in [6.07, 6.45) is -14.2. The number of nitrogens with zero attached hydrogens (tertiary/aromatic N) is 1. The monoisotopic (exact) mass is 311 g/mol. The van der Waals surface area contributed by atoms with Crippen molar-refractivity contribution in [3.63, 3.8) is 0 Å². The molecule has 0 saturated heterocycles. The van der Waals surface area contributed by atoms with E-state index in [-0.39, 0.29) is 6.07 Å². The fourth-order valence-corrected chi connectivity index (χ4v) is 1.21. The molecule has 0 bridgehead atoms. The molecule has 20 heavy (non-hydrogen) atoms. The molecule has 0 fully saturated rings. The summed E-state index contributed by atoms with van der Waals surface area (Å²) in [5, 5.41) is 0. The van der Waals surface area contributed by atoms with Gasteiger partial charge in [-0.3, -0.25) is 0 Å². The summed E-state index contributed by atoms with van der Waals surface area (Å²) < 4.78 is 106. The van der Waals surface area contributed by atoms with Gasteiger partial charge in [0.2, 0.25) is 11.8 Å². The number of rotatable bonds is 3. The topological polar surface area (TPSA) is 31.4 Å². The lowest BCUT2D eigenvalue weighted by Crippen LogP contribution is -2.21. The first-order chi connectivity index (χ1) is 8.95. The summed E-state index contributed by atoms with van der Waals surface area (Å²) in [5.74, 6) is -3.00. The van der Waals surface area contributed by atoms with Crippen molar-refractivity contribution in [1.29, 1.82) is 0 Å². The van der Waals surface area contributed by atoms with E-state index in [2.05, 4.69) is 14.5 Å². The number of halogens is 8. The molecular formula is C9H5F8NO2. The molecule has 1 aromatic rings. The van der Waals surface area contributed by atoms with E-state index in [1.54, 1.807) is 0 Å². The van der Waals surface area contributed by atoms with E-state index in [9.17, 15) is 35.1 Å². The van der Waals surface area contributed by atoms with Gasteiger partial charge in [-0.1, -0.05) is 0 Å². The van der Waals surface area contributed by atoms with Crippen LogP contribution in [0.15, 0.2) is 6.07 Å². The van der Waals surface area contributed by atoms with Crippen LogP contribution in [0.5, 0.6) is 11.8 Å². The average molecular weight is 311 g/mol. The van der Waals surface area contributed by atoms with E-state index in [1.165, 1.54) is 0 Å². The first-order valence-corrected chi connectivity index (χ1v) is 4.65. The Bertz CT molecular complexity index is 482. The fourth-order valence-electron chi connectivity index (χ4n) is 1.21. The molecule has 0 spiro atoms. The van der Waals surface area contributed by atoms with Crippen molar-refractivity contribution >= 4 is 0 Å². The second kappa shape index (κ2) is 5.29. The van der Waals surface area contributed by atoms with Crippen molar-refractivity contribution < 1.29 is 44.6 Å². The maximum atomic E-state index is 12.5. The Balaban J connectivity index is 3.48. The molecule has 1 rings (SSSR count). The van der Waals surface area contributed by atoms with Crippen LogP contribution in [0.4, 0.5) is 35.1 Å². The smallest absolute Gasteiger partial charge is 0.481 e. The molecule has 0 N–H and O–H groups in total. The summed E-state index contributed by atoms with van der Waals surface area (Å²) in [6.45, 7) is 0. The predicted octanol–water partition coefficient (Wildman–Crippen LogP) is 3.95. The molecule has 0 amide bonds. The first-order valence-electron chi connectivity index (χ1n) is 4.65. The largest absolute Gasteiger partial charge is 0.574 e. The van der Waals surface area contributed by atoms with E-state index in [0.717, 1.165) is 7.11 Å². The van der Waals surface area contributed by atoms with Crippen LogP contribution in [0.1, 0.15) is 17.6 Å². The SMILES string of the molecule is COc1nc(OC(F)(F)F)c(C(F)(F)F)cc1C(F)F. The normalized spacial score (nSPS) is 12.7. The predicted molar refractivity (Wildman–Crippen MR) is 47.4 cm³/mol. The molecule has 3 nitrogen and oxygen atoms in total. The van der Waals surface area contributed by atoms with Crippen LogP contribution in [-0.4, -0.2) is 18.5 Å². The lowest BCUT2D eigenvalue weighted by atomic mass is 10.2. The summed E-state index contributed by atoms with van der Waals surface area (Å²) in [4.78, 5) is 2.70. The van der Waals surface area contributed by atoms with Gasteiger partial charge in [-0.25, -0.2) is 8.78 Å². The minimum Gasteiger partial charge on any atom is -0.481 e. The van der Waals surface area contributed by atoms with E-state index in [1.807, 2.05) is 0 Å². The fraction of sp³-hybridized carbons (Fsp3) is 0.444. The van der Waals surface area contributed by atoms with Gasteiger partial charge in [0.25, 0.3) is 6.43 Å². The zero-order chi connectivity index (χ0) is 15.7. The molecule has 0 unspecified atom stereocenters. The van der Waals surface area contributed by atoms with Crippen LogP contribution < -0.4 is 9.47 Å². The second-order valence-electron chi connectivity index (χ2n) is 3.29. The number of hydrogen-bond acceptors (Lipinski definition) is 3. The summed E-state index contributed by atoms with van der Waals surface area (Å²) in [6, 6.07) is -0.197. The third-order valence-corrected chi connectivity index (χ3v) is 1.93. The number of hydrogen-bond donors (Lipinski definition) is 0. The highest BCUT2D eigenvalue weighted by molar-refractivity contribution is 5.40. The molecule has 11 heteroatoms. The van der Waals surface area contributed by atoms with Gasteiger partial charge in [0, 0.05) is 0 Å². The van der Waals surface area contributed by atoms with Crippen LogP contribution in [0, 0.1) is 0 Å². The van der Waals surface area contributed by atoms with Crippen LogP contribution in [0.2, 0.25) is 0 Å². The maximum absolute atomic E-state index is 12.5. The summed E-state index contributed by atoms with van der Waals surface area (Å²) in [5.41, 5.74) is -3.37. The van der Waals surface area contributed by atoms with Gasteiger partial charge in [0.05, 0.1) is 12.7 Å². The third kappa shape index (κ3) is 3.84. The van der Waals surface area contributed by atoms with E-state index in [4.69, 9.17) is 0 Å². The van der Waals surface area contributed by atoms with E-state index >= 15 is 0 Å². The number of alkyl halides is 8. The molecule has 114 valence electrons. The highest BCUT2D eigenvalue weighted by Crippen LogP contribution is 2.41. The molecule has 0 atom stereocenters. The van der Waals surface area contributed by atoms with Crippen molar-refractivity contribution in [3.05, 3.63) is 17.2 Å². The second-order valence-corrected chi connectivity index (χ2v) is 3.29. The van der Waals surface area contributed by atoms with Crippen LogP contribution in [0.3, 0.4) is 0 Å². The number of pyridine rings is 1. The van der Waals surface area contributed by atoms with Crippen molar-refractivity contribution in [2.24, 2.45) is 0 Å². The Hall–Kier alpha value is -1.81. The minimum atomic E-state index is -5.47. The Kier molecular flexibility index (Phi) is 4.30. The quantitative estimate of drug-likeness (QED) is 0.792. The van der Waals surface area contributed by atoms with Gasteiger partial charge in [-0.2, -0.15) is 18.2 Å². The van der Waals surface area contributed by atoms with Crippen LogP contribution in [0.25, 0.3) is 0 Å². The summed E-state index contributed by atoms with van der Waals surface area (Å²) in [7, 11) is 0.763. The molecule has 0 aliphatic heterocycles. The molecule has 0 aromatic carbocycles. The van der Waals surface area contributed by atoms with Crippen molar-refractivity contribution in [1.82, 2.24) is 4.98 Å². The zero-order valence-corrected chi connectivity index (χ0v) is 9.44. The van der Waals surface area contributed by atoms with Gasteiger partial charge in [-0.15, -0.1) is 13.2 Å². The molecule has 0 aliphatic carbocycles. The minimum absolute atomic E-state index is 0.197. The van der Waals surface area contributed by atoms with Gasteiger partial charge >= 0.3 is 12.5 Å². The molecule has 0 radical (unpaired) electrons. The van der Waals surface area contributed by atoms with Crippen molar-refractivity contribution in [2.45, 2.75) is 19.0 Å². The summed E-state index contributed by atoms with van der Waals surface area (Å²) >= 11 is 0. The maximum Gasteiger partial charge on any atom is 0.574 e. The van der Waals surface area contributed by atoms with Gasteiger partial charge in [0.15, 0.2) is 0 Å². The van der Waals surface area contributed by atoms with Gasteiger partial charge in [0.1, 0.15) is 5.56 Å². The standard InChI is InChI=1S/C9H5F8NO2/c1-19-6-3(5(10)11)2-4(8(12,13)14)7(18-6)20-9(15,16)17/h2,5H,1H3. The number of methoxy groups -OCH3 is 1. The highest BCUT2D eigenvalue weighted by atomic mass is 19.4. The lowest BCUT2D eigenvalue weighted by Gasteiger charge is -2.17. The Morgan fingerprint density at radius 2 is 1.60 bits per heavy atom. The number of aromatic nitrogens is 1. The van der Waals surface area contributed by atoms with Gasteiger partial charge < -0.3 is 9.47 Å². The highest BCUT2D eigenvalue weighted by Gasteiger charge is 2.42. The number of ether oxygens (including phenoxy) is 2. The average Bonchev–Trinajstić information content (AvgIpc) is 2.24. The third-order valence-electron chi connectivity index (χ3n) is 1.93. The zero-order valence-electron chi connectivity index (χ0n) is 9.44. The van der Waals surface area contributed by atoms with Crippen molar-refractivity contribution in [2.75, 3.05) is 7.11 Å². The molecule has 0 aliphatic rings. The Morgan fingerprint density at radius 1 is 1.05 bits per heavy atom. The van der Waals surface area contributed by atoms with E-state index < -0.39 is 41.9 Å². The molecule has 0 saturated carbocycles. The van der Waals surface area contributed by atoms with E-state index in [0.29, 0.717) is 0 Å². The first kappa shape index (κ1) is 16.2. The Morgan fingerprint density at radius 3 is 1.95 bits per heavy atom. The van der Waals surface area contributed by atoms with Crippen LogP contribution in [-0.2, 0) is 6.18 Å². The molecular weight excluding hydrogens is 306 g/mol. The van der Waals surface area contributed by atoms with Crippen molar-refractivity contribution in [3.8, 4) is 11.8 Å². The lowest BCUT2D eigenvalue weighted by molar-refractivity contribution is -0.278. The molecule has 1 aromatic heterocycles. The van der Waals surface area contributed by atoms with Gasteiger partial charge in [-0.05, 0) is 6.07 Å². The Labute approximate surface area is 106 Å². The van der Waals surface area contributed by atoms with Crippen LogP contribution >= 0.6 is 0 Å².